The molecule has 0 spiro atoms. The van der Waals surface area contributed by atoms with Crippen molar-refractivity contribution in [1.82, 2.24) is 4.98 Å². The number of rotatable bonds is 3. The van der Waals surface area contributed by atoms with Crippen molar-refractivity contribution in [3.8, 4) is 0 Å². The molecule has 114 valence electrons. The molecule has 0 aliphatic rings. The van der Waals surface area contributed by atoms with Crippen LogP contribution in [0.15, 0.2) is 40.7 Å². The number of benzene rings is 2. The van der Waals surface area contributed by atoms with Crippen molar-refractivity contribution in [2.75, 3.05) is 0 Å². The van der Waals surface area contributed by atoms with Gasteiger partial charge in [0.05, 0.1) is 25.3 Å². The molecule has 1 nitrogen and oxygen atoms in total. The van der Waals surface area contributed by atoms with Crippen LogP contribution >= 0.6 is 81.1 Å². The molecule has 22 heavy (non-hydrogen) atoms. The Morgan fingerprint density at radius 1 is 0.955 bits per heavy atom. The zero-order valence-corrected chi connectivity index (χ0v) is 16.0. The molecule has 0 atom stereocenters. The van der Waals surface area contributed by atoms with Gasteiger partial charge in [0, 0.05) is 5.56 Å². The Labute approximate surface area is 160 Å². The molecule has 0 amide bonds. The van der Waals surface area contributed by atoms with Crippen LogP contribution < -0.4 is 0 Å². The normalized spacial score (nSPS) is 12.0. The summed E-state index contributed by atoms with van der Waals surface area (Å²) in [5, 5.41) is 0.828. The van der Waals surface area contributed by atoms with Crippen molar-refractivity contribution >= 4 is 91.3 Å². The lowest BCUT2D eigenvalue weighted by Gasteiger charge is -2.20. The van der Waals surface area contributed by atoms with Gasteiger partial charge in [0.1, 0.15) is 0 Å². The summed E-state index contributed by atoms with van der Waals surface area (Å²) in [6, 6.07) is 11.1. The van der Waals surface area contributed by atoms with E-state index in [1.54, 1.807) is 12.1 Å². The maximum absolute atomic E-state index is 6.46. The van der Waals surface area contributed by atoms with Gasteiger partial charge in [-0.25, -0.2) is 4.98 Å². The predicted molar refractivity (Wildman–Crippen MR) is 100 cm³/mol. The summed E-state index contributed by atoms with van der Waals surface area (Å²) < 4.78 is 0.488. The topological polar surface area (TPSA) is 12.9 Å². The zero-order valence-electron chi connectivity index (χ0n) is 10.6. The number of hydrogen-bond donors (Lipinski definition) is 0. The Kier molecular flexibility index (Phi) is 5.06. The average Bonchev–Trinajstić information content (AvgIpc) is 2.85. The lowest BCUT2D eigenvalue weighted by atomic mass is 10.2. The minimum Gasteiger partial charge on any atom is -0.230 e. The second kappa shape index (κ2) is 6.56. The summed E-state index contributed by atoms with van der Waals surface area (Å²) in [7, 11) is 0. The summed E-state index contributed by atoms with van der Waals surface area (Å²) >= 11 is 33.8. The molecule has 0 aliphatic heterocycles. The van der Waals surface area contributed by atoms with Crippen LogP contribution in [0.4, 0.5) is 0 Å². The monoisotopic (exact) mass is 427 g/mol. The van der Waals surface area contributed by atoms with Gasteiger partial charge in [0.15, 0.2) is 8.01 Å². The molecule has 0 aliphatic carbocycles. The first-order chi connectivity index (χ1) is 10.4. The van der Waals surface area contributed by atoms with E-state index in [1.807, 2.05) is 24.3 Å². The largest absolute Gasteiger partial charge is 0.230 e. The van der Waals surface area contributed by atoms with Gasteiger partial charge in [0.2, 0.25) is 0 Å². The van der Waals surface area contributed by atoms with Gasteiger partial charge in [0.25, 0.3) is 0 Å². The Hall–Kier alpha value is 0.130. The Bertz CT molecular complexity index is 813. The van der Waals surface area contributed by atoms with Gasteiger partial charge < -0.3 is 0 Å². The van der Waals surface area contributed by atoms with Crippen LogP contribution in [0.1, 0.15) is 5.56 Å². The number of hydrogen-bond acceptors (Lipinski definition) is 3. The summed E-state index contributed by atoms with van der Waals surface area (Å²) in [4.78, 5) is 4.50. The fourth-order valence-corrected chi connectivity index (χ4v) is 5.82. The molecule has 1 aromatic heterocycles. The number of aromatic nitrogens is 1. The molecule has 2 aromatic carbocycles. The van der Waals surface area contributed by atoms with Crippen molar-refractivity contribution in [1.29, 1.82) is 0 Å². The highest BCUT2D eigenvalue weighted by molar-refractivity contribution is 8.04. The number of thiazole rings is 1. The molecule has 3 aromatic rings. The standard InChI is InChI=1S/C14H6Cl5NS2/c15-8-6-5-7(11(16)12(8)17)14(18,19)22-13-20-9-3-1-2-4-10(9)21-13/h1-6H. The first-order valence-corrected chi connectivity index (χ1v) is 9.47. The average molecular weight is 430 g/mol. The second-order valence-electron chi connectivity index (χ2n) is 4.29. The highest BCUT2D eigenvalue weighted by Gasteiger charge is 2.33. The highest BCUT2D eigenvalue weighted by Crippen LogP contribution is 2.53. The van der Waals surface area contributed by atoms with Gasteiger partial charge in [-0.05, 0) is 18.2 Å². The Morgan fingerprint density at radius 2 is 1.68 bits per heavy atom. The van der Waals surface area contributed by atoms with Gasteiger partial charge in [-0.1, -0.05) is 88.0 Å². The van der Waals surface area contributed by atoms with Crippen molar-refractivity contribution < 1.29 is 0 Å². The van der Waals surface area contributed by atoms with E-state index in [1.165, 1.54) is 23.1 Å². The van der Waals surface area contributed by atoms with E-state index in [0.29, 0.717) is 10.6 Å². The number of nitrogens with zero attached hydrogens (tertiary/aromatic N) is 1. The summed E-state index contributed by atoms with van der Waals surface area (Å²) in [5.74, 6) is 0. The summed E-state index contributed by atoms with van der Waals surface area (Å²) in [5.41, 5.74) is 1.38. The minimum atomic E-state index is -1.32. The quantitative estimate of drug-likeness (QED) is 0.241. The molecular formula is C14H6Cl5NS2. The minimum absolute atomic E-state index is 0.233. The molecular weight excluding hydrogens is 424 g/mol. The molecule has 3 rings (SSSR count). The molecule has 0 radical (unpaired) electrons. The SMILES string of the molecule is Clc1ccc(C(Cl)(Cl)Sc2nc3ccccc3s2)c(Cl)c1Cl. The molecule has 0 bridgehead atoms. The number of para-hydroxylation sites is 1. The van der Waals surface area contributed by atoms with E-state index in [-0.39, 0.29) is 10.0 Å². The van der Waals surface area contributed by atoms with E-state index in [9.17, 15) is 0 Å². The summed E-state index contributed by atoms with van der Waals surface area (Å²) in [6.45, 7) is 0. The number of halogens is 5. The third-order valence-electron chi connectivity index (χ3n) is 2.84. The van der Waals surface area contributed by atoms with Crippen molar-refractivity contribution in [3.63, 3.8) is 0 Å². The van der Waals surface area contributed by atoms with E-state index >= 15 is 0 Å². The van der Waals surface area contributed by atoms with Crippen molar-refractivity contribution in [3.05, 3.63) is 57.0 Å². The first-order valence-electron chi connectivity index (χ1n) is 5.95. The fraction of sp³-hybridized carbons (Fsp3) is 0.0714. The lowest BCUT2D eigenvalue weighted by Crippen LogP contribution is -2.06. The third kappa shape index (κ3) is 3.32. The van der Waals surface area contributed by atoms with Crippen LogP contribution in [0.2, 0.25) is 15.1 Å². The molecule has 0 N–H and O–H groups in total. The maximum Gasteiger partial charge on any atom is 0.196 e. The molecule has 0 fully saturated rings. The molecule has 0 saturated heterocycles. The first kappa shape index (κ1) is 17.0. The van der Waals surface area contributed by atoms with E-state index in [0.717, 1.165) is 14.6 Å². The van der Waals surface area contributed by atoms with Crippen LogP contribution in [0.3, 0.4) is 0 Å². The molecule has 0 saturated carbocycles. The Balaban J connectivity index is 1.97. The Morgan fingerprint density at radius 3 is 2.41 bits per heavy atom. The second-order valence-corrected chi connectivity index (χ2v) is 9.72. The van der Waals surface area contributed by atoms with Crippen LogP contribution in [-0.4, -0.2) is 4.98 Å². The molecule has 8 heteroatoms. The van der Waals surface area contributed by atoms with Gasteiger partial charge >= 0.3 is 0 Å². The van der Waals surface area contributed by atoms with Crippen LogP contribution in [0.25, 0.3) is 10.2 Å². The van der Waals surface area contributed by atoms with Crippen LogP contribution in [0, 0.1) is 0 Å². The molecule has 0 unspecified atom stereocenters. The van der Waals surface area contributed by atoms with E-state index in [4.69, 9.17) is 58.0 Å². The number of fused-ring (bicyclic) bond motifs is 1. The van der Waals surface area contributed by atoms with E-state index in [2.05, 4.69) is 4.98 Å². The van der Waals surface area contributed by atoms with Gasteiger partial charge in [-0.15, -0.1) is 11.3 Å². The lowest BCUT2D eigenvalue weighted by molar-refractivity contribution is 1.22. The summed E-state index contributed by atoms with van der Waals surface area (Å²) in [6.07, 6.45) is 0. The van der Waals surface area contributed by atoms with Crippen molar-refractivity contribution in [2.45, 2.75) is 8.01 Å². The smallest absolute Gasteiger partial charge is 0.196 e. The van der Waals surface area contributed by atoms with E-state index < -0.39 is 3.67 Å². The van der Waals surface area contributed by atoms with Crippen molar-refractivity contribution in [2.24, 2.45) is 0 Å². The van der Waals surface area contributed by atoms with Gasteiger partial charge in [-0.2, -0.15) is 0 Å². The fourth-order valence-electron chi connectivity index (χ4n) is 1.81. The van der Waals surface area contributed by atoms with Crippen LogP contribution in [0.5, 0.6) is 0 Å². The zero-order chi connectivity index (χ0) is 15.9. The van der Waals surface area contributed by atoms with Crippen LogP contribution in [-0.2, 0) is 3.67 Å². The van der Waals surface area contributed by atoms with Gasteiger partial charge in [-0.3, -0.25) is 0 Å². The third-order valence-corrected chi connectivity index (χ3v) is 7.08. The number of alkyl halides is 2. The highest BCUT2D eigenvalue weighted by atomic mass is 35.5. The predicted octanol–water partition coefficient (Wildman–Crippen LogP) is 7.64. The maximum atomic E-state index is 6.46. The number of thioether (sulfide) groups is 1. The molecule has 1 heterocycles.